The highest BCUT2D eigenvalue weighted by atomic mass is 16.5. The summed E-state index contributed by atoms with van der Waals surface area (Å²) in [7, 11) is 2.00. The molecular weight excluding hydrogens is 388 g/mol. The number of hydrogen-bond donors (Lipinski definition) is 1. The Hall–Kier alpha value is -3.71. The van der Waals surface area contributed by atoms with E-state index in [0.29, 0.717) is 0 Å². The number of aromatic nitrogens is 4. The average molecular weight is 412 g/mol. The van der Waals surface area contributed by atoms with Gasteiger partial charge >= 0.3 is 0 Å². The molecule has 7 heteroatoms. The second-order valence-corrected chi connectivity index (χ2v) is 7.63. The monoisotopic (exact) mass is 412 g/mol. The molecule has 0 atom stereocenters. The van der Waals surface area contributed by atoms with Gasteiger partial charge in [-0.25, -0.2) is 15.0 Å². The van der Waals surface area contributed by atoms with Crippen LogP contribution in [0.4, 0.5) is 11.6 Å². The molecule has 5 rings (SSSR count). The van der Waals surface area contributed by atoms with Crippen LogP contribution in [0.1, 0.15) is 5.56 Å². The summed E-state index contributed by atoms with van der Waals surface area (Å²) in [6, 6.07) is 12.4. The molecule has 1 aliphatic rings. The van der Waals surface area contributed by atoms with Gasteiger partial charge in [-0.15, -0.1) is 0 Å². The molecule has 4 aromatic rings. The quantitative estimate of drug-likeness (QED) is 0.535. The molecule has 0 unspecified atom stereocenters. The van der Waals surface area contributed by atoms with E-state index >= 15 is 0 Å². The van der Waals surface area contributed by atoms with Gasteiger partial charge in [-0.3, -0.25) is 0 Å². The maximum Gasteiger partial charge on any atom is 0.130 e. The number of fused-ring (bicyclic) bond motifs is 1. The van der Waals surface area contributed by atoms with Gasteiger partial charge in [-0.2, -0.15) is 0 Å². The zero-order chi connectivity index (χ0) is 21.2. The summed E-state index contributed by atoms with van der Waals surface area (Å²) in [5, 5.41) is 5.54. The van der Waals surface area contributed by atoms with Crippen molar-refractivity contribution in [1.82, 2.24) is 19.5 Å². The molecule has 1 saturated heterocycles. The normalized spacial score (nSPS) is 14.0. The molecule has 0 saturated carbocycles. The Bertz CT molecular complexity index is 1240. The van der Waals surface area contributed by atoms with Crippen LogP contribution in [0.2, 0.25) is 0 Å². The zero-order valence-corrected chi connectivity index (χ0v) is 17.5. The van der Waals surface area contributed by atoms with Crippen molar-refractivity contribution < 1.29 is 4.74 Å². The lowest BCUT2D eigenvalue weighted by Gasteiger charge is -2.28. The van der Waals surface area contributed by atoms with Gasteiger partial charge in [-0.05, 0) is 29.7 Å². The van der Waals surface area contributed by atoms with Crippen molar-refractivity contribution in [3.8, 4) is 11.3 Å². The number of hydrogen-bond acceptors (Lipinski definition) is 6. The molecule has 31 heavy (non-hydrogen) atoms. The minimum atomic E-state index is 0.729. The Labute approximate surface area is 181 Å². The first-order valence-corrected chi connectivity index (χ1v) is 10.3. The third-order valence-corrected chi connectivity index (χ3v) is 5.54. The molecule has 1 N–H and O–H groups in total. The van der Waals surface area contributed by atoms with Crippen LogP contribution in [0.25, 0.3) is 27.7 Å². The van der Waals surface area contributed by atoms with Gasteiger partial charge in [0.2, 0.25) is 0 Å². The van der Waals surface area contributed by atoms with Crippen LogP contribution in [0, 0.1) is 0 Å². The Morgan fingerprint density at radius 1 is 1.03 bits per heavy atom. The zero-order valence-electron chi connectivity index (χ0n) is 17.5. The Balaban J connectivity index is 1.38. The number of nitrogens with zero attached hydrogens (tertiary/aromatic N) is 5. The molecule has 3 aromatic heterocycles. The van der Waals surface area contributed by atoms with E-state index in [2.05, 4.69) is 56.0 Å². The summed E-state index contributed by atoms with van der Waals surface area (Å²) < 4.78 is 7.45. The van der Waals surface area contributed by atoms with Crippen molar-refractivity contribution in [2.24, 2.45) is 7.05 Å². The van der Waals surface area contributed by atoms with Crippen molar-refractivity contribution in [3.05, 3.63) is 73.5 Å². The van der Waals surface area contributed by atoms with Gasteiger partial charge in [0.05, 0.1) is 31.4 Å². The highest BCUT2D eigenvalue weighted by Gasteiger charge is 2.13. The lowest BCUT2D eigenvalue weighted by atomic mass is 10.1. The number of aryl methyl sites for hydroxylation is 1. The van der Waals surface area contributed by atoms with E-state index in [4.69, 9.17) is 4.74 Å². The minimum Gasteiger partial charge on any atom is -0.378 e. The van der Waals surface area contributed by atoms with Gasteiger partial charge in [0, 0.05) is 54.7 Å². The molecule has 1 aromatic carbocycles. The fraction of sp³-hybridized carbons (Fsp3) is 0.208. The summed E-state index contributed by atoms with van der Waals surface area (Å²) >= 11 is 0. The van der Waals surface area contributed by atoms with E-state index in [0.717, 1.165) is 71.2 Å². The first kappa shape index (κ1) is 19.3. The van der Waals surface area contributed by atoms with E-state index in [1.165, 1.54) is 0 Å². The van der Waals surface area contributed by atoms with Crippen molar-refractivity contribution in [3.63, 3.8) is 0 Å². The fourth-order valence-corrected chi connectivity index (χ4v) is 3.80. The van der Waals surface area contributed by atoms with Gasteiger partial charge in [-0.1, -0.05) is 18.7 Å². The van der Waals surface area contributed by atoms with Crippen LogP contribution in [0.5, 0.6) is 0 Å². The molecule has 4 heterocycles. The second kappa shape index (κ2) is 8.20. The maximum atomic E-state index is 5.44. The average Bonchev–Trinajstić information content (AvgIpc) is 3.25. The van der Waals surface area contributed by atoms with Crippen LogP contribution in [0.15, 0.2) is 67.9 Å². The maximum absolute atomic E-state index is 5.44. The molecule has 1 fully saturated rings. The number of morpholine rings is 1. The number of benzene rings is 1. The van der Waals surface area contributed by atoms with Crippen LogP contribution in [-0.2, 0) is 11.8 Å². The molecule has 1 aliphatic heterocycles. The fourth-order valence-electron chi connectivity index (χ4n) is 3.80. The number of anilines is 2. The molecule has 0 spiro atoms. The summed E-state index contributed by atoms with van der Waals surface area (Å²) in [5.74, 6) is 1.69. The number of nitrogens with one attached hydrogen (secondary N) is 1. The molecular formula is C24H24N6O. The second-order valence-electron chi connectivity index (χ2n) is 7.63. The predicted octanol–water partition coefficient (Wildman–Crippen LogP) is 3.95. The molecule has 0 aliphatic carbocycles. The van der Waals surface area contributed by atoms with Crippen LogP contribution in [0.3, 0.4) is 0 Å². The van der Waals surface area contributed by atoms with Crippen LogP contribution < -0.4 is 10.2 Å². The largest absolute Gasteiger partial charge is 0.378 e. The van der Waals surface area contributed by atoms with Gasteiger partial charge in [0.15, 0.2) is 0 Å². The van der Waals surface area contributed by atoms with Gasteiger partial charge in [0.25, 0.3) is 0 Å². The smallest absolute Gasteiger partial charge is 0.130 e. The van der Waals surface area contributed by atoms with E-state index in [-0.39, 0.29) is 0 Å². The third-order valence-electron chi connectivity index (χ3n) is 5.54. The minimum absolute atomic E-state index is 0.729. The SMILES string of the molecule is C=C(Nc1cc2cc(-c3cncn3C)ccc2cn1)c1ccnc(N2CCOCC2)c1. The van der Waals surface area contributed by atoms with Crippen molar-refractivity contribution in [2.75, 3.05) is 36.5 Å². The van der Waals surface area contributed by atoms with Crippen molar-refractivity contribution in [2.45, 2.75) is 0 Å². The molecule has 0 bridgehead atoms. The molecule has 0 radical (unpaired) electrons. The van der Waals surface area contributed by atoms with E-state index in [1.54, 1.807) is 0 Å². The number of imidazole rings is 1. The molecule has 7 nitrogen and oxygen atoms in total. The highest BCUT2D eigenvalue weighted by molar-refractivity contribution is 5.89. The first-order chi connectivity index (χ1) is 15.2. The lowest BCUT2D eigenvalue weighted by Crippen LogP contribution is -2.36. The summed E-state index contributed by atoms with van der Waals surface area (Å²) in [5.41, 5.74) is 3.96. The Kier molecular flexibility index (Phi) is 5.09. The van der Waals surface area contributed by atoms with Crippen LogP contribution >= 0.6 is 0 Å². The van der Waals surface area contributed by atoms with Gasteiger partial charge < -0.3 is 19.5 Å². The Morgan fingerprint density at radius 2 is 1.90 bits per heavy atom. The topological polar surface area (TPSA) is 68.1 Å². The van der Waals surface area contributed by atoms with Crippen molar-refractivity contribution in [1.29, 1.82) is 0 Å². The van der Waals surface area contributed by atoms with E-state index < -0.39 is 0 Å². The van der Waals surface area contributed by atoms with Crippen molar-refractivity contribution >= 4 is 28.1 Å². The number of rotatable bonds is 5. The molecule has 156 valence electrons. The number of ether oxygens (including phenoxy) is 1. The Morgan fingerprint density at radius 3 is 2.71 bits per heavy atom. The molecule has 0 amide bonds. The van der Waals surface area contributed by atoms with E-state index in [9.17, 15) is 0 Å². The number of pyridine rings is 2. The van der Waals surface area contributed by atoms with E-state index in [1.807, 2.05) is 48.7 Å². The highest BCUT2D eigenvalue weighted by Crippen LogP contribution is 2.26. The lowest BCUT2D eigenvalue weighted by molar-refractivity contribution is 0.122. The summed E-state index contributed by atoms with van der Waals surface area (Å²) in [4.78, 5) is 15.5. The summed E-state index contributed by atoms with van der Waals surface area (Å²) in [6.07, 6.45) is 7.38. The van der Waals surface area contributed by atoms with Gasteiger partial charge in [0.1, 0.15) is 11.6 Å². The first-order valence-electron chi connectivity index (χ1n) is 10.3. The standard InChI is InChI=1S/C24H24N6O/c1-17(18-5-6-26-24(13-18)30-7-9-31-10-8-30)28-23-12-21-11-19(3-4-20(21)14-27-23)22-15-25-16-29(22)2/h3-6,11-16H,1,7-10H2,2H3,(H,27,28). The predicted molar refractivity (Wildman–Crippen MR) is 124 cm³/mol. The van der Waals surface area contributed by atoms with Crippen LogP contribution in [-0.4, -0.2) is 45.8 Å². The third kappa shape index (κ3) is 4.00. The summed E-state index contributed by atoms with van der Waals surface area (Å²) in [6.45, 7) is 7.38.